The second-order valence-electron chi connectivity index (χ2n) is 6.84. The van der Waals surface area contributed by atoms with Crippen molar-refractivity contribution >= 4 is 45.1 Å². The Labute approximate surface area is 200 Å². The summed E-state index contributed by atoms with van der Waals surface area (Å²) in [6, 6.07) is 10.6. The summed E-state index contributed by atoms with van der Waals surface area (Å²) in [6.45, 7) is -1.28. The number of sulfone groups is 1. The maximum Gasteiger partial charge on any atom is 0.509 e. The standard InChI is InChI=1S/C21H22Cl2FNO7S/c1-30-15-7-3-13(4-8-15)12-31-21(27)32-18(17(11-24)25-20(26)19(22)23)14-5-9-16(10-6-14)33(2,28)29/h3-10,17-19H,11-12H2,1-2H3,(H,25,26). The first kappa shape index (κ1) is 26.7. The van der Waals surface area contributed by atoms with Gasteiger partial charge in [-0.25, -0.2) is 17.6 Å². The van der Waals surface area contributed by atoms with Gasteiger partial charge in [-0.3, -0.25) is 4.79 Å². The number of hydrogen-bond donors (Lipinski definition) is 1. The number of carbonyl (C=O) groups is 2. The smallest absolute Gasteiger partial charge is 0.497 e. The van der Waals surface area contributed by atoms with Crippen LogP contribution >= 0.6 is 23.2 Å². The first-order valence-corrected chi connectivity index (χ1v) is 12.2. The summed E-state index contributed by atoms with van der Waals surface area (Å²) in [6.07, 6.45) is -1.47. The summed E-state index contributed by atoms with van der Waals surface area (Å²) < 4.78 is 52.7. The Bertz CT molecular complexity index is 1050. The van der Waals surface area contributed by atoms with E-state index in [1.165, 1.54) is 31.4 Å². The first-order chi connectivity index (χ1) is 15.5. The molecule has 2 unspecified atom stereocenters. The Hall–Kier alpha value is -2.56. The third-order valence-corrected chi connectivity index (χ3v) is 5.96. The van der Waals surface area contributed by atoms with Gasteiger partial charge in [0.25, 0.3) is 5.91 Å². The van der Waals surface area contributed by atoms with Crippen molar-refractivity contribution in [3.05, 3.63) is 59.7 Å². The van der Waals surface area contributed by atoms with Crippen molar-refractivity contribution in [3.8, 4) is 5.75 Å². The molecule has 1 N–H and O–H groups in total. The van der Waals surface area contributed by atoms with Crippen LogP contribution in [0.15, 0.2) is 53.4 Å². The summed E-state index contributed by atoms with van der Waals surface area (Å²) in [4.78, 5) is 22.7. The molecule has 1 amide bonds. The lowest BCUT2D eigenvalue weighted by atomic mass is 10.0. The normalized spacial score (nSPS) is 13.2. The van der Waals surface area contributed by atoms with Gasteiger partial charge in [-0.2, -0.15) is 0 Å². The third kappa shape index (κ3) is 8.06. The highest BCUT2D eigenvalue weighted by molar-refractivity contribution is 7.90. The topological polar surface area (TPSA) is 108 Å². The minimum atomic E-state index is -3.49. The fraction of sp³-hybridized carbons (Fsp3) is 0.333. The average Bonchev–Trinajstić information content (AvgIpc) is 2.79. The van der Waals surface area contributed by atoms with E-state index >= 15 is 0 Å². The van der Waals surface area contributed by atoms with Crippen molar-refractivity contribution in [1.82, 2.24) is 5.32 Å². The molecule has 8 nitrogen and oxygen atoms in total. The van der Waals surface area contributed by atoms with E-state index in [0.717, 1.165) is 6.26 Å². The highest BCUT2D eigenvalue weighted by atomic mass is 35.5. The predicted octanol–water partition coefficient (Wildman–Crippen LogP) is 3.75. The summed E-state index contributed by atoms with van der Waals surface area (Å²) >= 11 is 11.0. The van der Waals surface area contributed by atoms with E-state index in [9.17, 15) is 22.4 Å². The molecule has 2 aromatic rings. The van der Waals surface area contributed by atoms with Gasteiger partial charge < -0.3 is 19.5 Å². The lowest BCUT2D eigenvalue weighted by molar-refractivity contribution is -0.121. The largest absolute Gasteiger partial charge is 0.509 e. The number of ether oxygens (including phenoxy) is 3. The Balaban J connectivity index is 2.21. The highest BCUT2D eigenvalue weighted by Gasteiger charge is 2.31. The summed E-state index contributed by atoms with van der Waals surface area (Å²) in [5.74, 6) is -0.272. The second kappa shape index (κ2) is 12.1. The number of halogens is 3. The van der Waals surface area contributed by atoms with Gasteiger partial charge in [0.2, 0.25) is 0 Å². The van der Waals surface area contributed by atoms with Crippen molar-refractivity contribution in [2.24, 2.45) is 0 Å². The maximum absolute atomic E-state index is 13.8. The minimum absolute atomic E-state index is 0.00879. The van der Waals surface area contributed by atoms with E-state index in [-0.39, 0.29) is 17.1 Å². The van der Waals surface area contributed by atoms with Crippen LogP contribution in [0.1, 0.15) is 17.2 Å². The fourth-order valence-electron chi connectivity index (χ4n) is 2.73. The number of amides is 1. The Morgan fingerprint density at radius 1 is 1.06 bits per heavy atom. The molecule has 0 heterocycles. The first-order valence-electron chi connectivity index (χ1n) is 9.46. The van der Waals surface area contributed by atoms with E-state index < -0.39 is 45.6 Å². The molecule has 0 bridgehead atoms. The summed E-state index contributed by atoms with van der Waals surface area (Å²) in [5.41, 5.74) is 0.858. The molecule has 0 saturated carbocycles. The highest BCUT2D eigenvalue weighted by Crippen LogP contribution is 2.25. The van der Waals surface area contributed by atoms with E-state index in [1.54, 1.807) is 24.3 Å². The number of alkyl halides is 3. The molecule has 12 heteroatoms. The van der Waals surface area contributed by atoms with E-state index in [4.69, 9.17) is 37.4 Å². The second-order valence-corrected chi connectivity index (χ2v) is 9.95. The third-order valence-electron chi connectivity index (χ3n) is 4.43. The van der Waals surface area contributed by atoms with Crippen LogP contribution in [-0.4, -0.2) is 51.4 Å². The lowest BCUT2D eigenvalue weighted by Gasteiger charge is -2.26. The van der Waals surface area contributed by atoms with Crippen molar-refractivity contribution in [2.75, 3.05) is 20.0 Å². The van der Waals surface area contributed by atoms with Gasteiger partial charge in [-0.15, -0.1) is 0 Å². The Morgan fingerprint density at radius 3 is 2.15 bits per heavy atom. The van der Waals surface area contributed by atoms with E-state index in [0.29, 0.717) is 11.3 Å². The molecule has 0 aliphatic heterocycles. The fourth-order valence-corrected chi connectivity index (χ4v) is 3.49. The minimum Gasteiger partial charge on any atom is -0.497 e. The number of rotatable bonds is 10. The van der Waals surface area contributed by atoms with Crippen molar-refractivity contribution in [3.63, 3.8) is 0 Å². The Morgan fingerprint density at radius 2 is 1.67 bits per heavy atom. The van der Waals surface area contributed by atoms with E-state index in [2.05, 4.69) is 5.32 Å². The van der Waals surface area contributed by atoms with Crippen molar-refractivity contribution < 1.29 is 36.6 Å². The molecule has 33 heavy (non-hydrogen) atoms. The van der Waals surface area contributed by atoms with Gasteiger partial charge >= 0.3 is 6.16 Å². The van der Waals surface area contributed by atoms with Gasteiger partial charge in [-0.1, -0.05) is 47.5 Å². The van der Waals surface area contributed by atoms with Gasteiger partial charge in [0.15, 0.2) is 20.8 Å². The van der Waals surface area contributed by atoms with Gasteiger partial charge in [0, 0.05) is 6.26 Å². The summed E-state index contributed by atoms with van der Waals surface area (Å²) in [5, 5.41) is 2.26. The molecule has 0 fully saturated rings. The van der Waals surface area contributed by atoms with Crippen LogP contribution in [0, 0.1) is 0 Å². The molecule has 0 saturated heterocycles. The number of carbonyl (C=O) groups excluding carboxylic acids is 2. The molecule has 0 aromatic heterocycles. The van der Waals surface area contributed by atoms with Gasteiger partial charge in [-0.05, 0) is 35.4 Å². The van der Waals surface area contributed by atoms with E-state index in [1.807, 2.05) is 0 Å². The van der Waals surface area contributed by atoms with Crippen LogP contribution in [-0.2, 0) is 30.7 Å². The monoisotopic (exact) mass is 521 g/mol. The van der Waals surface area contributed by atoms with Crippen LogP contribution in [0.5, 0.6) is 5.75 Å². The zero-order chi connectivity index (χ0) is 24.6. The van der Waals surface area contributed by atoms with Crippen LogP contribution in [0.3, 0.4) is 0 Å². The van der Waals surface area contributed by atoms with Crippen molar-refractivity contribution in [2.45, 2.75) is 28.5 Å². The number of methoxy groups -OCH3 is 1. The number of nitrogens with one attached hydrogen (secondary N) is 1. The molecule has 0 radical (unpaired) electrons. The molecule has 2 atom stereocenters. The Kier molecular flexibility index (Phi) is 9.75. The quantitative estimate of drug-likeness (QED) is 0.374. The van der Waals surface area contributed by atoms with Crippen molar-refractivity contribution in [1.29, 1.82) is 0 Å². The van der Waals surface area contributed by atoms with Crippen LogP contribution in [0.2, 0.25) is 0 Å². The molecular formula is C21H22Cl2FNO7S. The molecule has 2 aromatic carbocycles. The maximum atomic E-state index is 13.8. The zero-order valence-electron chi connectivity index (χ0n) is 17.7. The van der Waals surface area contributed by atoms with Gasteiger partial charge in [0.05, 0.1) is 18.0 Å². The summed E-state index contributed by atoms with van der Waals surface area (Å²) in [7, 11) is -1.97. The number of hydrogen-bond acceptors (Lipinski definition) is 7. The molecule has 0 aliphatic rings. The molecule has 0 aliphatic carbocycles. The predicted molar refractivity (Wildman–Crippen MR) is 120 cm³/mol. The van der Waals surface area contributed by atoms with Gasteiger partial charge in [0.1, 0.15) is 19.0 Å². The SMILES string of the molecule is COc1ccc(COC(=O)OC(c2ccc(S(C)(=O)=O)cc2)C(CF)NC(=O)C(Cl)Cl)cc1. The molecule has 0 spiro atoms. The molecule has 180 valence electrons. The van der Waals surface area contributed by atoms with Crippen LogP contribution in [0.25, 0.3) is 0 Å². The lowest BCUT2D eigenvalue weighted by Crippen LogP contribution is -2.44. The van der Waals surface area contributed by atoms with Crippen LogP contribution in [0.4, 0.5) is 9.18 Å². The molecule has 2 rings (SSSR count). The number of benzene rings is 2. The zero-order valence-corrected chi connectivity index (χ0v) is 20.0. The van der Waals surface area contributed by atoms with Crippen LogP contribution < -0.4 is 10.1 Å². The average molecular weight is 522 g/mol. The molecular weight excluding hydrogens is 500 g/mol.